The molecule has 2 amide bonds. The van der Waals surface area contributed by atoms with Gasteiger partial charge in [0.1, 0.15) is 5.60 Å². The zero-order valence-electron chi connectivity index (χ0n) is 15.1. The third-order valence-electron chi connectivity index (χ3n) is 3.00. The predicted octanol–water partition coefficient (Wildman–Crippen LogP) is 3.92. The third kappa shape index (κ3) is 9.55. The maximum absolute atomic E-state index is 12.0. The second-order valence-electron chi connectivity index (χ2n) is 6.66. The van der Waals surface area contributed by atoms with Crippen molar-refractivity contribution >= 4 is 23.8 Å². The Morgan fingerprint density at radius 2 is 1.65 bits per heavy atom. The van der Waals surface area contributed by atoms with Gasteiger partial charge in [-0.05, 0) is 43.7 Å². The van der Waals surface area contributed by atoms with Gasteiger partial charge in [0, 0.05) is 20.1 Å². The minimum absolute atomic E-state index is 0.138. The molecule has 0 aromatic heterocycles. The van der Waals surface area contributed by atoms with Crippen molar-refractivity contribution < 1.29 is 27.5 Å². The van der Waals surface area contributed by atoms with Crippen LogP contribution >= 0.6 is 11.8 Å². The van der Waals surface area contributed by atoms with Gasteiger partial charge in [-0.15, -0.1) is 0 Å². The van der Waals surface area contributed by atoms with E-state index in [9.17, 15) is 22.8 Å². The van der Waals surface area contributed by atoms with Gasteiger partial charge in [0.15, 0.2) is 0 Å². The highest BCUT2D eigenvalue weighted by Gasteiger charge is 2.29. The highest BCUT2D eigenvalue weighted by Crippen LogP contribution is 2.29. The number of ether oxygens (including phenoxy) is 1. The Morgan fingerprint density at radius 3 is 2.15 bits per heavy atom. The summed E-state index contributed by atoms with van der Waals surface area (Å²) in [4.78, 5) is 24.7. The van der Waals surface area contributed by atoms with Gasteiger partial charge in [0.25, 0.3) is 0 Å². The highest BCUT2D eigenvalue weighted by atomic mass is 32.2. The van der Waals surface area contributed by atoms with Crippen molar-refractivity contribution in [2.24, 2.45) is 0 Å². The van der Waals surface area contributed by atoms with E-state index >= 15 is 0 Å². The van der Waals surface area contributed by atoms with Crippen LogP contribution in [0.4, 0.5) is 18.0 Å². The number of amides is 2. The molecule has 0 bridgehead atoms. The molecule has 0 aliphatic rings. The lowest BCUT2D eigenvalue weighted by molar-refractivity contribution is -0.119. The molecule has 0 saturated carbocycles. The monoisotopic (exact) mass is 392 g/mol. The Hall–Kier alpha value is -1.90. The summed E-state index contributed by atoms with van der Waals surface area (Å²) in [5.74, 6) is -1.34. The highest BCUT2D eigenvalue weighted by molar-refractivity contribution is 8.00. The van der Waals surface area contributed by atoms with Crippen LogP contribution in [0.2, 0.25) is 0 Å². The lowest BCUT2D eigenvalue weighted by atomic mass is 10.1. The minimum Gasteiger partial charge on any atom is -0.444 e. The van der Waals surface area contributed by atoms with Gasteiger partial charge in [-0.25, -0.2) is 4.79 Å². The molecule has 1 aromatic carbocycles. The minimum atomic E-state index is -4.42. The maximum Gasteiger partial charge on any atom is 0.442 e. The first-order chi connectivity index (χ1) is 11.9. The molecule has 0 heterocycles. The van der Waals surface area contributed by atoms with Crippen LogP contribution in [-0.4, -0.2) is 40.8 Å². The Bertz CT molecular complexity index is 613. The Balaban J connectivity index is 2.46. The van der Waals surface area contributed by atoms with Crippen LogP contribution in [-0.2, 0) is 22.6 Å². The quantitative estimate of drug-likeness (QED) is 0.797. The van der Waals surface area contributed by atoms with E-state index in [1.54, 1.807) is 52.1 Å². The predicted molar refractivity (Wildman–Crippen MR) is 94.5 cm³/mol. The summed E-state index contributed by atoms with van der Waals surface area (Å²) in [5.41, 5.74) is -3.38. The first-order valence-electron chi connectivity index (χ1n) is 7.85. The molecule has 1 aromatic rings. The molecule has 0 spiro atoms. The largest absolute Gasteiger partial charge is 0.444 e. The Kier molecular flexibility index (Phi) is 7.80. The summed E-state index contributed by atoms with van der Waals surface area (Å²) in [6.45, 7) is 5.85. The number of nitrogens with one attached hydrogen (secondary N) is 1. The van der Waals surface area contributed by atoms with Gasteiger partial charge in [0.2, 0.25) is 5.91 Å². The second-order valence-corrected chi connectivity index (χ2v) is 7.70. The zero-order valence-corrected chi connectivity index (χ0v) is 16.0. The Morgan fingerprint density at radius 1 is 1.12 bits per heavy atom. The molecule has 26 heavy (non-hydrogen) atoms. The second kappa shape index (κ2) is 9.16. The lowest BCUT2D eigenvalue weighted by Gasteiger charge is -2.24. The van der Waals surface area contributed by atoms with Crippen molar-refractivity contribution in [2.75, 3.05) is 12.8 Å². The summed E-state index contributed by atoms with van der Waals surface area (Å²) in [6.07, 6.45) is -0.434. The maximum atomic E-state index is 12.0. The van der Waals surface area contributed by atoms with Crippen LogP contribution in [0, 0.1) is 0 Å². The topological polar surface area (TPSA) is 58.6 Å². The number of hydrogen-bond donors (Lipinski definition) is 1. The van der Waals surface area contributed by atoms with E-state index in [4.69, 9.17) is 4.74 Å². The van der Waals surface area contributed by atoms with E-state index in [-0.39, 0.29) is 18.3 Å². The molecular formula is C17H23F3N2O3S. The molecule has 0 saturated heterocycles. The molecule has 1 N–H and O–H groups in total. The SMILES string of the molecule is CN(Cc1ccc(CNC(=O)CSC(F)(F)F)cc1)C(=O)OC(C)(C)C. The van der Waals surface area contributed by atoms with E-state index in [0.29, 0.717) is 6.54 Å². The third-order valence-corrected chi connectivity index (χ3v) is 3.74. The molecule has 9 heteroatoms. The number of alkyl halides is 3. The van der Waals surface area contributed by atoms with Gasteiger partial charge < -0.3 is 15.0 Å². The van der Waals surface area contributed by atoms with Crippen molar-refractivity contribution in [3.05, 3.63) is 35.4 Å². The van der Waals surface area contributed by atoms with Crippen molar-refractivity contribution in [1.29, 1.82) is 0 Å². The molecule has 5 nitrogen and oxygen atoms in total. The molecule has 0 aliphatic heterocycles. The van der Waals surface area contributed by atoms with Gasteiger partial charge in [-0.1, -0.05) is 24.3 Å². The van der Waals surface area contributed by atoms with Crippen LogP contribution < -0.4 is 5.32 Å². The van der Waals surface area contributed by atoms with Crippen LogP contribution in [0.25, 0.3) is 0 Å². The van der Waals surface area contributed by atoms with Crippen LogP contribution in [0.3, 0.4) is 0 Å². The summed E-state index contributed by atoms with van der Waals surface area (Å²) in [6, 6.07) is 7.06. The molecule has 146 valence electrons. The summed E-state index contributed by atoms with van der Waals surface area (Å²) >= 11 is -0.369. The standard InChI is InChI=1S/C17H23F3N2O3S/c1-16(2,3)25-15(24)22(4)10-13-7-5-12(6-8-13)9-21-14(23)11-26-17(18,19)20/h5-8H,9-11H2,1-4H3,(H,21,23). The molecule has 1 rings (SSSR count). The fourth-order valence-electron chi connectivity index (χ4n) is 1.84. The number of carbonyl (C=O) groups is 2. The summed E-state index contributed by atoms with van der Waals surface area (Å²) < 4.78 is 41.3. The van der Waals surface area contributed by atoms with Gasteiger partial charge in [0.05, 0.1) is 5.75 Å². The first kappa shape index (κ1) is 22.1. The van der Waals surface area contributed by atoms with E-state index in [2.05, 4.69) is 5.32 Å². The lowest BCUT2D eigenvalue weighted by Crippen LogP contribution is -2.33. The Labute approximate surface area is 155 Å². The van der Waals surface area contributed by atoms with Gasteiger partial charge in [-0.2, -0.15) is 13.2 Å². The number of thioether (sulfide) groups is 1. The molecule has 0 unspecified atom stereocenters. The van der Waals surface area contributed by atoms with Crippen LogP contribution in [0.1, 0.15) is 31.9 Å². The number of hydrogen-bond acceptors (Lipinski definition) is 4. The van der Waals surface area contributed by atoms with Crippen molar-refractivity contribution in [2.45, 2.75) is 45.0 Å². The molecule has 0 aliphatic carbocycles. The summed E-state index contributed by atoms with van der Waals surface area (Å²) in [7, 11) is 1.63. The average Bonchev–Trinajstić information content (AvgIpc) is 2.50. The summed E-state index contributed by atoms with van der Waals surface area (Å²) in [5, 5.41) is 2.43. The van der Waals surface area contributed by atoms with Gasteiger partial charge >= 0.3 is 11.6 Å². The fourth-order valence-corrected chi connectivity index (χ4v) is 2.24. The van der Waals surface area contributed by atoms with Crippen molar-refractivity contribution in [1.82, 2.24) is 10.2 Å². The smallest absolute Gasteiger partial charge is 0.442 e. The van der Waals surface area contributed by atoms with Crippen LogP contribution in [0.5, 0.6) is 0 Å². The van der Waals surface area contributed by atoms with Crippen molar-refractivity contribution in [3.63, 3.8) is 0 Å². The normalized spacial score (nSPS) is 11.8. The number of carbonyl (C=O) groups excluding carboxylic acids is 2. The zero-order chi connectivity index (χ0) is 20.0. The van der Waals surface area contributed by atoms with E-state index in [0.717, 1.165) is 11.1 Å². The first-order valence-corrected chi connectivity index (χ1v) is 8.83. The number of benzene rings is 1. The van der Waals surface area contributed by atoms with E-state index in [1.807, 2.05) is 0 Å². The van der Waals surface area contributed by atoms with Crippen molar-refractivity contribution in [3.8, 4) is 0 Å². The number of nitrogens with zero attached hydrogens (tertiary/aromatic N) is 1. The molecule has 0 atom stereocenters. The fraction of sp³-hybridized carbons (Fsp3) is 0.529. The van der Waals surface area contributed by atoms with Gasteiger partial charge in [-0.3, -0.25) is 4.79 Å². The van der Waals surface area contributed by atoms with E-state index in [1.165, 1.54) is 4.90 Å². The number of halogens is 3. The number of rotatable bonds is 6. The molecular weight excluding hydrogens is 369 g/mol. The molecule has 0 fully saturated rings. The molecule has 0 radical (unpaired) electrons. The average molecular weight is 392 g/mol. The van der Waals surface area contributed by atoms with Crippen LogP contribution in [0.15, 0.2) is 24.3 Å². The van der Waals surface area contributed by atoms with E-state index < -0.39 is 28.9 Å².